The Balaban J connectivity index is 1.81. The number of hydrogen-bond acceptors (Lipinski definition) is 3. The third-order valence-corrected chi connectivity index (χ3v) is 4.09. The molecule has 1 aromatic carbocycles. The molecule has 0 aliphatic carbocycles. The van der Waals surface area contributed by atoms with Crippen LogP contribution in [-0.2, 0) is 14.4 Å². The number of carbonyl (C=O) groups is 1. The molecule has 5 heteroatoms. The maximum absolute atomic E-state index is 13.0. The van der Waals surface area contributed by atoms with Crippen molar-refractivity contribution < 1.29 is 18.8 Å². The lowest BCUT2D eigenvalue weighted by Gasteiger charge is -2.30. The Kier molecular flexibility index (Phi) is 3.48. The summed E-state index contributed by atoms with van der Waals surface area (Å²) in [5.41, 5.74) is 0.391. The van der Waals surface area contributed by atoms with Gasteiger partial charge in [-0.3, -0.25) is 9.63 Å². The van der Waals surface area contributed by atoms with Crippen molar-refractivity contribution in [2.24, 2.45) is 5.41 Å². The molecule has 2 atom stereocenters. The Bertz CT molecular complexity index is 496. The van der Waals surface area contributed by atoms with Crippen molar-refractivity contribution in [3.05, 3.63) is 35.6 Å². The maximum Gasteiger partial charge on any atom is 0.255 e. The van der Waals surface area contributed by atoms with Crippen molar-refractivity contribution in [3.63, 3.8) is 0 Å². The summed E-state index contributed by atoms with van der Waals surface area (Å²) in [5, 5.41) is 1.46. The predicted octanol–water partition coefficient (Wildman–Crippen LogP) is 2.46. The number of rotatable bonds is 2. The molecule has 2 fully saturated rings. The van der Waals surface area contributed by atoms with Gasteiger partial charge in [-0.2, -0.15) is 0 Å². The third-order valence-electron chi connectivity index (χ3n) is 4.09. The molecule has 0 unspecified atom stereocenters. The molecule has 108 valence electrons. The number of nitrogens with zero attached hydrogens (tertiary/aromatic N) is 1. The van der Waals surface area contributed by atoms with Crippen molar-refractivity contribution in [3.8, 4) is 0 Å². The van der Waals surface area contributed by atoms with Crippen LogP contribution in [0.5, 0.6) is 0 Å². The van der Waals surface area contributed by atoms with Crippen LogP contribution in [0, 0.1) is 11.2 Å². The minimum absolute atomic E-state index is 0.0400. The summed E-state index contributed by atoms with van der Waals surface area (Å²) in [6.07, 6.45) is 1.44. The number of ether oxygens (including phenoxy) is 1. The summed E-state index contributed by atoms with van der Waals surface area (Å²) >= 11 is 0. The molecular weight excluding hydrogens is 261 g/mol. The topological polar surface area (TPSA) is 38.8 Å². The van der Waals surface area contributed by atoms with E-state index in [1.165, 1.54) is 17.2 Å². The SMILES string of the molecule is C[C@]1(C(=O)N2OCC[C@H]2c2ccc(F)cc2)CCOC1. The first-order valence-electron chi connectivity index (χ1n) is 6.90. The van der Waals surface area contributed by atoms with Crippen LogP contribution in [0.15, 0.2) is 24.3 Å². The second kappa shape index (κ2) is 5.14. The highest BCUT2D eigenvalue weighted by Gasteiger charge is 2.44. The maximum atomic E-state index is 13.0. The minimum atomic E-state index is -0.511. The second-order valence-corrected chi connectivity index (χ2v) is 5.68. The average Bonchev–Trinajstić information content (AvgIpc) is 3.08. The van der Waals surface area contributed by atoms with E-state index in [0.717, 1.165) is 12.0 Å². The Morgan fingerprint density at radius 3 is 2.75 bits per heavy atom. The van der Waals surface area contributed by atoms with Crippen molar-refractivity contribution in [2.75, 3.05) is 19.8 Å². The minimum Gasteiger partial charge on any atom is -0.380 e. The van der Waals surface area contributed by atoms with E-state index in [-0.39, 0.29) is 17.8 Å². The Morgan fingerprint density at radius 2 is 2.10 bits per heavy atom. The van der Waals surface area contributed by atoms with Gasteiger partial charge >= 0.3 is 0 Å². The predicted molar refractivity (Wildman–Crippen MR) is 70.1 cm³/mol. The molecule has 20 heavy (non-hydrogen) atoms. The van der Waals surface area contributed by atoms with Gasteiger partial charge in [-0.05, 0) is 31.0 Å². The zero-order valence-corrected chi connectivity index (χ0v) is 11.5. The van der Waals surface area contributed by atoms with Crippen LogP contribution in [-0.4, -0.2) is 30.8 Å². The van der Waals surface area contributed by atoms with E-state index in [2.05, 4.69) is 0 Å². The number of amides is 1. The van der Waals surface area contributed by atoms with E-state index in [0.29, 0.717) is 26.2 Å². The summed E-state index contributed by atoms with van der Waals surface area (Å²) in [5.74, 6) is -0.316. The van der Waals surface area contributed by atoms with Crippen molar-refractivity contribution in [2.45, 2.75) is 25.8 Å². The molecule has 2 saturated heterocycles. The first-order chi connectivity index (χ1) is 9.60. The van der Waals surface area contributed by atoms with E-state index >= 15 is 0 Å². The Hall–Kier alpha value is -1.46. The van der Waals surface area contributed by atoms with Crippen molar-refractivity contribution >= 4 is 5.91 Å². The monoisotopic (exact) mass is 279 g/mol. The van der Waals surface area contributed by atoms with Gasteiger partial charge in [0.05, 0.1) is 24.7 Å². The van der Waals surface area contributed by atoms with Crippen LogP contribution in [0.25, 0.3) is 0 Å². The molecule has 3 rings (SSSR count). The first kappa shape index (κ1) is 13.5. The van der Waals surface area contributed by atoms with Crippen LogP contribution in [0.4, 0.5) is 4.39 Å². The van der Waals surface area contributed by atoms with Gasteiger partial charge in [-0.15, -0.1) is 0 Å². The van der Waals surface area contributed by atoms with Crippen LogP contribution in [0.1, 0.15) is 31.4 Å². The number of hydroxylamine groups is 2. The normalized spacial score (nSPS) is 29.9. The third kappa shape index (κ3) is 2.31. The van der Waals surface area contributed by atoms with Gasteiger partial charge in [0, 0.05) is 13.0 Å². The molecule has 2 aliphatic heterocycles. The van der Waals surface area contributed by atoms with Gasteiger partial charge in [-0.1, -0.05) is 12.1 Å². The fraction of sp³-hybridized carbons (Fsp3) is 0.533. The molecule has 2 heterocycles. The van der Waals surface area contributed by atoms with E-state index in [9.17, 15) is 9.18 Å². The average molecular weight is 279 g/mol. The van der Waals surface area contributed by atoms with Gasteiger partial charge in [0.2, 0.25) is 0 Å². The van der Waals surface area contributed by atoms with Crippen molar-refractivity contribution in [1.82, 2.24) is 5.06 Å². The van der Waals surface area contributed by atoms with Crippen LogP contribution in [0.2, 0.25) is 0 Å². The van der Waals surface area contributed by atoms with Gasteiger partial charge in [0.25, 0.3) is 5.91 Å². The first-order valence-corrected chi connectivity index (χ1v) is 6.90. The zero-order chi connectivity index (χ0) is 14.2. The molecule has 4 nitrogen and oxygen atoms in total. The van der Waals surface area contributed by atoms with Gasteiger partial charge < -0.3 is 4.74 Å². The highest BCUT2D eigenvalue weighted by atomic mass is 19.1. The number of halogens is 1. The van der Waals surface area contributed by atoms with Crippen molar-refractivity contribution in [1.29, 1.82) is 0 Å². The lowest BCUT2D eigenvalue weighted by Crippen LogP contribution is -2.41. The highest BCUT2D eigenvalue weighted by Crippen LogP contribution is 2.37. The second-order valence-electron chi connectivity index (χ2n) is 5.68. The molecule has 0 spiro atoms. The Labute approximate surface area is 117 Å². The zero-order valence-electron chi connectivity index (χ0n) is 11.5. The van der Waals surface area contributed by atoms with Gasteiger partial charge in [-0.25, -0.2) is 9.45 Å². The molecule has 0 radical (unpaired) electrons. The van der Waals surface area contributed by atoms with Crippen LogP contribution < -0.4 is 0 Å². The molecule has 1 amide bonds. The number of hydrogen-bond donors (Lipinski definition) is 0. The fourth-order valence-corrected chi connectivity index (χ4v) is 2.76. The lowest BCUT2D eigenvalue weighted by molar-refractivity contribution is -0.187. The molecule has 0 N–H and O–H groups in total. The summed E-state index contributed by atoms with van der Waals surface area (Å²) < 4.78 is 18.4. The lowest BCUT2D eigenvalue weighted by atomic mass is 9.88. The van der Waals surface area contributed by atoms with Gasteiger partial charge in [0.1, 0.15) is 5.82 Å². The number of benzene rings is 1. The van der Waals surface area contributed by atoms with Crippen LogP contribution in [0.3, 0.4) is 0 Å². The Morgan fingerprint density at radius 1 is 1.35 bits per heavy atom. The summed E-state index contributed by atoms with van der Waals surface area (Å²) in [7, 11) is 0. The van der Waals surface area contributed by atoms with Crippen LogP contribution >= 0.6 is 0 Å². The highest BCUT2D eigenvalue weighted by molar-refractivity contribution is 5.82. The summed E-state index contributed by atoms with van der Waals surface area (Å²) in [6, 6.07) is 6.11. The summed E-state index contributed by atoms with van der Waals surface area (Å²) in [6.45, 7) is 3.45. The number of carbonyl (C=O) groups excluding carboxylic acids is 1. The van der Waals surface area contributed by atoms with E-state index in [4.69, 9.17) is 9.57 Å². The molecule has 1 aromatic rings. The molecule has 0 aromatic heterocycles. The van der Waals surface area contributed by atoms with E-state index < -0.39 is 5.41 Å². The standard InChI is InChI=1S/C15H18FNO3/c1-15(7-9-19-10-15)14(18)17-13(6-8-20-17)11-2-4-12(16)5-3-11/h2-5,13H,6-10H2,1H3/t13-,15-/m0/s1. The molecule has 0 saturated carbocycles. The molecule has 2 aliphatic rings. The quantitative estimate of drug-likeness (QED) is 0.834. The smallest absolute Gasteiger partial charge is 0.255 e. The molecular formula is C15H18FNO3. The molecule has 0 bridgehead atoms. The fourth-order valence-electron chi connectivity index (χ4n) is 2.76. The largest absolute Gasteiger partial charge is 0.380 e. The van der Waals surface area contributed by atoms with E-state index in [1.807, 2.05) is 6.92 Å². The summed E-state index contributed by atoms with van der Waals surface area (Å²) in [4.78, 5) is 18.2. The van der Waals surface area contributed by atoms with Gasteiger partial charge in [0.15, 0.2) is 0 Å². The van der Waals surface area contributed by atoms with E-state index in [1.54, 1.807) is 12.1 Å².